The molecule has 152 valence electrons. The monoisotopic (exact) mass is 393 g/mol. The largest absolute Gasteiger partial charge is 0.490 e. The Balaban J connectivity index is 1.52. The summed E-state index contributed by atoms with van der Waals surface area (Å²) in [7, 11) is 2.00. The number of fused-ring (bicyclic) bond motifs is 2. The molecule has 6 nitrogen and oxygen atoms in total. The number of para-hydroxylation sites is 2. The van der Waals surface area contributed by atoms with Crippen LogP contribution in [0.15, 0.2) is 42.5 Å². The van der Waals surface area contributed by atoms with Gasteiger partial charge in [-0.2, -0.15) is 0 Å². The lowest BCUT2D eigenvalue weighted by molar-refractivity contribution is -0.121. The van der Waals surface area contributed by atoms with Gasteiger partial charge in [0.25, 0.3) is 0 Å². The number of aromatic nitrogens is 2. The summed E-state index contributed by atoms with van der Waals surface area (Å²) < 4.78 is 13.5. The van der Waals surface area contributed by atoms with Crippen molar-refractivity contribution in [2.24, 2.45) is 13.0 Å². The molecule has 3 aromatic rings. The Hall–Kier alpha value is -3.02. The van der Waals surface area contributed by atoms with Crippen LogP contribution >= 0.6 is 0 Å². The van der Waals surface area contributed by atoms with Gasteiger partial charge in [0.05, 0.1) is 36.7 Å². The number of amides is 1. The fraction of sp³-hybridized carbons (Fsp3) is 0.391. The van der Waals surface area contributed by atoms with Gasteiger partial charge in [0, 0.05) is 13.5 Å². The van der Waals surface area contributed by atoms with Gasteiger partial charge in [0.2, 0.25) is 5.91 Å². The van der Waals surface area contributed by atoms with E-state index in [1.54, 1.807) is 0 Å². The van der Waals surface area contributed by atoms with E-state index in [1.165, 1.54) is 0 Å². The van der Waals surface area contributed by atoms with E-state index in [1.807, 2.05) is 49.5 Å². The molecule has 0 saturated carbocycles. The smallest absolute Gasteiger partial charge is 0.225 e. The lowest BCUT2D eigenvalue weighted by atomic mass is 10.0. The maximum atomic E-state index is 12.8. The van der Waals surface area contributed by atoms with E-state index >= 15 is 0 Å². The minimum absolute atomic E-state index is 0.0368. The lowest BCUT2D eigenvalue weighted by Gasteiger charge is -2.22. The van der Waals surface area contributed by atoms with Gasteiger partial charge in [-0.05, 0) is 35.7 Å². The molecule has 0 aliphatic carbocycles. The highest BCUT2D eigenvalue weighted by Crippen LogP contribution is 2.31. The third-order valence-electron chi connectivity index (χ3n) is 5.26. The molecule has 0 radical (unpaired) electrons. The van der Waals surface area contributed by atoms with Crippen molar-refractivity contribution in [2.45, 2.75) is 32.7 Å². The Kier molecular flexibility index (Phi) is 5.43. The second-order valence-corrected chi connectivity index (χ2v) is 7.82. The predicted molar refractivity (Wildman–Crippen MR) is 112 cm³/mol. The van der Waals surface area contributed by atoms with E-state index in [0.29, 0.717) is 19.0 Å². The first-order chi connectivity index (χ1) is 14.0. The van der Waals surface area contributed by atoms with Crippen LogP contribution in [0, 0.1) is 5.92 Å². The van der Waals surface area contributed by atoms with Gasteiger partial charge in [-0.3, -0.25) is 4.79 Å². The van der Waals surface area contributed by atoms with Crippen molar-refractivity contribution in [1.29, 1.82) is 0 Å². The van der Waals surface area contributed by atoms with Gasteiger partial charge in [0.15, 0.2) is 11.5 Å². The van der Waals surface area contributed by atoms with Crippen LogP contribution in [0.3, 0.4) is 0 Å². The number of hydrogen-bond donors (Lipinski definition) is 1. The third kappa shape index (κ3) is 4.06. The molecule has 2 aromatic carbocycles. The third-order valence-corrected chi connectivity index (χ3v) is 5.26. The molecule has 4 rings (SSSR count). The van der Waals surface area contributed by atoms with Gasteiger partial charge in [-0.25, -0.2) is 4.98 Å². The van der Waals surface area contributed by atoms with Crippen LogP contribution in [-0.4, -0.2) is 28.7 Å². The van der Waals surface area contributed by atoms with E-state index in [-0.39, 0.29) is 24.3 Å². The Labute approximate surface area is 170 Å². The van der Waals surface area contributed by atoms with Gasteiger partial charge in [-0.15, -0.1) is 0 Å². The van der Waals surface area contributed by atoms with Gasteiger partial charge in [0.1, 0.15) is 5.82 Å². The summed E-state index contributed by atoms with van der Waals surface area (Å²) >= 11 is 0. The highest BCUT2D eigenvalue weighted by molar-refractivity contribution is 5.80. The van der Waals surface area contributed by atoms with Crippen molar-refractivity contribution in [3.63, 3.8) is 0 Å². The molecule has 1 aromatic heterocycles. The molecule has 2 heterocycles. The van der Waals surface area contributed by atoms with Crippen molar-refractivity contribution in [3.05, 3.63) is 53.9 Å². The molecule has 1 atom stereocenters. The Morgan fingerprint density at radius 2 is 1.90 bits per heavy atom. The molecular formula is C23H27N3O3. The minimum Gasteiger partial charge on any atom is -0.490 e. The normalized spacial score (nSPS) is 14.6. The number of hydrogen-bond acceptors (Lipinski definition) is 4. The van der Waals surface area contributed by atoms with Crippen molar-refractivity contribution < 1.29 is 14.3 Å². The Bertz CT molecular complexity index is 1030. The molecule has 6 heteroatoms. The van der Waals surface area contributed by atoms with Crippen molar-refractivity contribution in [2.75, 3.05) is 13.2 Å². The molecule has 0 saturated heterocycles. The highest BCUT2D eigenvalue weighted by Gasteiger charge is 2.24. The summed E-state index contributed by atoms with van der Waals surface area (Å²) in [5.41, 5.74) is 2.90. The first kappa shape index (κ1) is 19.3. The molecular weight excluding hydrogens is 366 g/mol. The average molecular weight is 393 g/mol. The maximum Gasteiger partial charge on any atom is 0.225 e. The quantitative estimate of drug-likeness (QED) is 0.716. The number of carbonyl (C=O) groups is 1. The first-order valence-corrected chi connectivity index (χ1v) is 10.1. The van der Waals surface area contributed by atoms with E-state index in [4.69, 9.17) is 14.5 Å². The van der Waals surface area contributed by atoms with Gasteiger partial charge in [-0.1, -0.05) is 32.0 Å². The molecule has 1 aliphatic heterocycles. The zero-order valence-corrected chi connectivity index (χ0v) is 17.1. The van der Waals surface area contributed by atoms with Crippen molar-refractivity contribution in [3.8, 4) is 11.5 Å². The minimum atomic E-state index is -0.166. The second kappa shape index (κ2) is 8.15. The van der Waals surface area contributed by atoms with Gasteiger partial charge >= 0.3 is 0 Å². The SMILES string of the molecule is CC(C)C(NC(=O)Cc1ccc2c(c1)OCCCO2)c1nc2ccccc2n1C. The van der Waals surface area contributed by atoms with Crippen LogP contribution in [0.4, 0.5) is 0 Å². The second-order valence-electron chi connectivity index (χ2n) is 7.82. The number of rotatable bonds is 5. The molecule has 29 heavy (non-hydrogen) atoms. The molecule has 1 amide bonds. The Morgan fingerprint density at radius 3 is 2.66 bits per heavy atom. The topological polar surface area (TPSA) is 65.4 Å². The lowest BCUT2D eigenvalue weighted by Crippen LogP contribution is -2.34. The van der Waals surface area contributed by atoms with E-state index in [9.17, 15) is 4.79 Å². The molecule has 0 bridgehead atoms. The zero-order chi connectivity index (χ0) is 20.4. The Morgan fingerprint density at radius 1 is 1.14 bits per heavy atom. The highest BCUT2D eigenvalue weighted by atomic mass is 16.5. The average Bonchev–Trinajstić information content (AvgIpc) is 2.87. The van der Waals surface area contributed by atoms with Crippen LogP contribution in [0.5, 0.6) is 11.5 Å². The fourth-order valence-corrected chi connectivity index (χ4v) is 3.70. The van der Waals surface area contributed by atoms with E-state index < -0.39 is 0 Å². The predicted octanol–water partition coefficient (Wildman–Crippen LogP) is 3.79. The number of nitrogens with one attached hydrogen (secondary N) is 1. The molecule has 1 aliphatic rings. The molecule has 1 N–H and O–H groups in total. The van der Waals surface area contributed by atoms with Crippen LogP contribution in [0.2, 0.25) is 0 Å². The summed E-state index contributed by atoms with van der Waals surface area (Å²) in [4.78, 5) is 17.6. The number of nitrogens with zero attached hydrogens (tertiary/aromatic N) is 2. The fourth-order valence-electron chi connectivity index (χ4n) is 3.70. The molecule has 0 spiro atoms. The summed E-state index contributed by atoms with van der Waals surface area (Å²) in [5.74, 6) is 2.49. The van der Waals surface area contributed by atoms with Crippen LogP contribution in [0.1, 0.15) is 37.7 Å². The van der Waals surface area contributed by atoms with Crippen LogP contribution < -0.4 is 14.8 Å². The van der Waals surface area contributed by atoms with Crippen molar-refractivity contribution in [1.82, 2.24) is 14.9 Å². The summed E-state index contributed by atoms with van der Waals surface area (Å²) in [6.07, 6.45) is 1.14. The maximum absolute atomic E-state index is 12.8. The van der Waals surface area contributed by atoms with E-state index in [2.05, 4.69) is 23.7 Å². The first-order valence-electron chi connectivity index (χ1n) is 10.1. The molecule has 1 unspecified atom stereocenters. The standard InChI is InChI=1S/C23H27N3O3/c1-15(2)22(23-24-17-7-4-5-8-18(17)26(23)3)25-21(27)14-16-9-10-19-20(13-16)29-12-6-11-28-19/h4-5,7-10,13,15,22H,6,11-12,14H2,1-3H3,(H,25,27). The number of benzene rings is 2. The van der Waals surface area contributed by atoms with Crippen molar-refractivity contribution >= 4 is 16.9 Å². The van der Waals surface area contributed by atoms with Gasteiger partial charge < -0.3 is 19.4 Å². The number of aryl methyl sites for hydroxylation is 1. The van der Waals surface area contributed by atoms with E-state index in [0.717, 1.165) is 34.6 Å². The van der Waals surface area contributed by atoms with Crippen LogP contribution in [-0.2, 0) is 18.3 Å². The number of imidazole rings is 1. The zero-order valence-electron chi connectivity index (χ0n) is 17.1. The van der Waals surface area contributed by atoms with Crippen LogP contribution in [0.25, 0.3) is 11.0 Å². The number of carbonyl (C=O) groups excluding carboxylic acids is 1. The summed E-state index contributed by atoms with van der Waals surface area (Å²) in [6, 6.07) is 13.6. The summed E-state index contributed by atoms with van der Waals surface area (Å²) in [5, 5.41) is 3.18. The molecule has 0 fully saturated rings. The summed E-state index contributed by atoms with van der Waals surface area (Å²) in [6.45, 7) is 5.47. The number of ether oxygens (including phenoxy) is 2.